The number of aldehydes is 2. The van der Waals surface area contributed by atoms with Crippen LogP contribution in [0.3, 0.4) is 0 Å². The average molecular weight is 786 g/mol. The number of nitrogens with zero attached hydrogens (tertiary/aromatic N) is 3. The van der Waals surface area contributed by atoms with Gasteiger partial charge in [-0.1, -0.05) is 30.3 Å². The third-order valence-corrected chi connectivity index (χ3v) is 11.3. The summed E-state index contributed by atoms with van der Waals surface area (Å²) in [5, 5.41) is 51.7. The lowest BCUT2D eigenvalue weighted by atomic mass is 9.85. The number of thioether (sulfide) groups is 1. The highest BCUT2D eigenvalue weighted by atomic mass is 32.2. The van der Waals surface area contributed by atoms with Crippen LogP contribution in [-0.4, -0.2) is 121 Å². The van der Waals surface area contributed by atoms with Gasteiger partial charge >= 0.3 is 0 Å². The molecule has 6 rings (SSSR count). The summed E-state index contributed by atoms with van der Waals surface area (Å²) >= 11 is 1.66. The van der Waals surface area contributed by atoms with Crippen LogP contribution in [0.25, 0.3) is 0 Å². The number of phenols is 2. The van der Waals surface area contributed by atoms with Gasteiger partial charge in [-0.15, -0.1) is 0 Å². The summed E-state index contributed by atoms with van der Waals surface area (Å²) in [6, 6.07) is 16.4. The van der Waals surface area contributed by atoms with E-state index in [0.29, 0.717) is 54.6 Å². The van der Waals surface area contributed by atoms with Gasteiger partial charge in [0.25, 0.3) is 11.8 Å². The second-order valence-corrected chi connectivity index (χ2v) is 14.7. The van der Waals surface area contributed by atoms with Gasteiger partial charge in [0, 0.05) is 42.3 Å². The second-order valence-electron chi connectivity index (χ2n) is 13.5. The van der Waals surface area contributed by atoms with Crippen LogP contribution >= 0.6 is 11.8 Å². The third kappa shape index (κ3) is 8.50. The molecular formula is C41H43N3O11S. The van der Waals surface area contributed by atoms with E-state index in [9.17, 15) is 44.7 Å². The van der Waals surface area contributed by atoms with Crippen LogP contribution in [0.1, 0.15) is 83.1 Å². The molecule has 1 unspecified atom stereocenters. The van der Waals surface area contributed by atoms with Crippen LogP contribution in [0.4, 0.5) is 0 Å². The Balaban J connectivity index is 1.24. The molecule has 0 saturated carbocycles. The normalized spacial score (nSPS) is 18.9. The smallest absolute Gasteiger partial charge is 0.256 e. The molecule has 2 aliphatic heterocycles. The number of aromatic hydroxyl groups is 2. The van der Waals surface area contributed by atoms with Gasteiger partial charge in [-0.05, 0) is 60.4 Å². The first-order chi connectivity index (χ1) is 27.2. The van der Waals surface area contributed by atoms with Crippen LogP contribution in [0.2, 0.25) is 0 Å². The number of pyridine rings is 1. The third-order valence-electron chi connectivity index (χ3n) is 10.2. The topological polar surface area (TPSA) is 207 Å². The van der Waals surface area contributed by atoms with Crippen molar-refractivity contribution in [3.05, 3.63) is 112 Å². The fraction of sp³-hybridized carbons (Fsp3) is 0.341. The lowest BCUT2D eigenvalue weighted by molar-refractivity contribution is 0.0479. The summed E-state index contributed by atoms with van der Waals surface area (Å²) in [5.41, 5.74) is 1.27. The minimum atomic E-state index is -1.31. The molecule has 3 heterocycles. The number of rotatable bonds is 14. The number of ether oxygens (including phenoxy) is 2. The van der Waals surface area contributed by atoms with E-state index in [1.54, 1.807) is 70.1 Å². The van der Waals surface area contributed by atoms with Crippen LogP contribution in [0, 0.1) is 0 Å². The molecule has 0 aliphatic carbocycles. The maximum absolute atomic E-state index is 14.3. The molecule has 2 amide bonds. The van der Waals surface area contributed by atoms with Gasteiger partial charge in [-0.25, -0.2) is 0 Å². The van der Waals surface area contributed by atoms with Crippen molar-refractivity contribution in [3.63, 3.8) is 0 Å². The molecule has 15 heteroatoms. The van der Waals surface area contributed by atoms with Gasteiger partial charge in [0.05, 0.1) is 47.7 Å². The van der Waals surface area contributed by atoms with E-state index in [0.717, 1.165) is 0 Å². The van der Waals surface area contributed by atoms with Crippen molar-refractivity contribution >= 4 is 36.1 Å². The van der Waals surface area contributed by atoms with Crippen LogP contribution < -0.4 is 9.47 Å². The maximum atomic E-state index is 14.3. The standard InChI is InChI=1S/C41H43N3O11S/c45-18-32-35(49)8-3-9-37(32)54-22-26-11-10-25(17-44(26)40(52)30-6-2-1-5-29(30)36(50)21-48)28-12-13-38(33(19-46)39(28)51)55-23-27-24-56-16-15-43(27)41(53)31-7-4-14-42-34(31)20-47/h1-9,12-14,18-19,25-27,36,47-51H,10-11,15-17,20-24H2/t25?,26-,27-,36-/m0/s1. The molecule has 5 N–H and O–H groups in total. The number of hydrogen-bond donors (Lipinski definition) is 5. The van der Waals surface area contributed by atoms with Crippen LogP contribution in [0.15, 0.2) is 72.9 Å². The zero-order valence-electron chi connectivity index (χ0n) is 30.4. The first kappa shape index (κ1) is 40.2. The minimum Gasteiger partial charge on any atom is -0.507 e. The SMILES string of the molecule is O=Cc1c(O)cccc1OC[C@@H]1CCC(c2ccc(OC[C@H]3CSCCN3C(=O)c3cccnc3CO)c(C=O)c2O)CN1C(=O)c1ccccc1[C@@H](O)CO. The molecule has 0 spiro atoms. The summed E-state index contributed by atoms with van der Waals surface area (Å²) in [5.74, 6) is -0.209. The number of aliphatic hydroxyl groups excluding tert-OH is 3. The average Bonchev–Trinajstić information content (AvgIpc) is 3.24. The summed E-state index contributed by atoms with van der Waals surface area (Å²) in [6.45, 7) is -0.490. The Hall–Kier alpha value is -5.48. The molecule has 0 radical (unpaired) electrons. The van der Waals surface area contributed by atoms with Gasteiger partial charge in [0.2, 0.25) is 0 Å². The number of phenolic OH excluding ortho intramolecular Hbond substituents is 2. The molecule has 14 nitrogen and oxygen atoms in total. The predicted molar refractivity (Wildman–Crippen MR) is 206 cm³/mol. The maximum Gasteiger partial charge on any atom is 0.256 e. The second kappa shape index (κ2) is 18.4. The Bertz CT molecular complexity index is 2060. The molecule has 2 fully saturated rings. The fourth-order valence-electron chi connectivity index (χ4n) is 7.24. The monoisotopic (exact) mass is 785 g/mol. The number of carbonyl (C=O) groups excluding carboxylic acids is 4. The van der Waals surface area contributed by atoms with E-state index in [-0.39, 0.29) is 89.3 Å². The van der Waals surface area contributed by atoms with E-state index in [1.807, 2.05) is 0 Å². The fourth-order valence-corrected chi connectivity index (χ4v) is 8.28. The van der Waals surface area contributed by atoms with Crippen molar-refractivity contribution < 1.29 is 54.2 Å². The quantitative estimate of drug-likeness (QED) is 0.116. The minimum absolute atomic E-state index is 0.0323. The molecule has 2 aliphatic rings. The van der Waals surface area contributed by atoms with Gasteiger partial charge in [-0.2, -0.15) is 11.8 Å². The zero-order chi connectivity index (χ0) is 39.8. The molecule has 4 aromatic rings. The van der Waals surface area contributed by atoms with Crippen molar-refractivity contribution in [2.75, 3.05) is 44.4 Å². The molecule has 4 atom stereocenters. The number of aliphatic hydroxyl groups is 3. The molecule has 56 heavy (non-hydrogen) atoms. The van der Waals surface area contributed by atoms with E-state index >= 15 is 0 Å². The molecule has 3 aromatic carbocycles. The number of amides is 2. The lowest BCUT2D eigenvalue weighted by Gasteiger charge is -2.40. The predicted octanol–water partition coefficient (Wildman–Crippen LogP) is 3.74. The zero-order valence-corrected chi connectivity index (χ0v) is 31.2. The van der Waals surface area contributed by atoms with Gasteiger partial charge < -0.3 is 44.8 Å². The van der Waals surface area contributed by atoms with E-state index in [2.05, 4.69) is 4.98 Å². The van der Waals surface area contributed by atoms with Crippen molar-refractivity contribution in [1.29, 1.82) is 0 Å². The highest BCUT2D eigenvalue weighted by Crippen LogP contribution is 2.40. The number of hydrogen-bond acceptors (Lipinski definition) is 13. The number of aromatic nitrogens is 1. The highest BCUT2D eigenvalue weighted by Gasteiger charge is 2.37. The molecule has 0 bridgehead atoms. The Labute approximate surface area is 327 Å². The number of likely N-dealkylation sites (tertiary alicyclic amines) is 1. The number of carbonyl (C=O) groups is 4. The summed E-state index contributed by atoms with van der Waals surface area (Å²) < 4.78 is 12.1. The van der Waals surface area contributed by atoms with Crippen LogP contribution in [-0.2, 0) is 6.61 Å². The first-order valence-electron chi connectivity index (χ1n) is 18.2. The van der Waals surface area contributed by atoms with Crippen molar-refractivity contribution in [2.24, 2.45) is 0 Å². The Morgan fingerprint density at radius 3 is 2.30 bits per heavy atom. The van der Waals surface area contributed by atoms with E-state index in [4.69, 9.17) is 9.47 Å². The van der Waals surface area contributed by atoms with Crippen LogP contribution in [0.5, 0.6) is 23.0 Å². The van der Waals surface area contributed by atoms with Gasteiger partial charge in [-0.3, -0.25) is 24.2 Å². The van der Waals surface area contributed by atoms with Crippen molar-refractivity contribution in [3.8, 4) is 23.0 Å². The Morgan fingerprint density at radius 2 is 1.55 bits per heavy atom. The Kier molecular flexibility index (Phi) is 13.2. The summed E-state index contributed by atoms with van der Waals surface area (Å²) in [4.78, 5) is 59.4. The highest BCUT2D eigenvalue weighted by molar-refractivity contribution is 7.99. The summed E-state index contributed by atoms with van der Waals surface area (Å²) in [7, 11) is 0. The molecule has 2 saturated heterocycles. The van der Waals surface area contributed by atoms with E-state index in [1.165, 1.54) is 24.4 Å². The van der Waals surface area contributed by atoms with Crippen molar-refractivity contribution in [1.82, 2.24) is 14.8 Å². The largest absolute Gasteiger partial charge is 0.507 e. The van der Waals surface area contributed by atoms with Gasteiger partial charge in [0.15, 0.2) is 12.6 Å². The molecule has 1 aromatic heterocycles. The van der Waals surface area contributed by atoms with Gasteiger partial charge in [0.1, 0.15) is 42.3 Å². The first-order valence-corrected chi connectivity index (χ1v) is 19.3. The Morgan fingerprint density at radius 1 is 0.839 bits per heavy atom. The number of piperidine rings is 1. The van der Waals surface area contributed by atoms with Crippen molar-refractivity contribution in [2.45, 2.75) is 43.6 Å². The number of benzene rings is 3. The lowest BCUT2D eigenvalue weighted by Crippen LogP contribution is -2.49. The van der Waals surface area contributed by atoms with E-state index < -0.39 is 30.6 Å². The molecule has 294 valence electrons. The molecular weight excluding hydrogens is 743 g/mol. The summed E-state index contributed by atoms with van der Waals surface area (Å²) in [6.07, 6.45) is 2.03.